The number of aryl methyl sites for hydroxylation is 2. The second kappa shape index (κ2) is 19.1. The summed E-state index contributed by atoms with van der Waals surface area (Å²) in [6, 6.07) is 54.9. The maximum atomic E-state index is 7.65. The summed E-state index contributed by atoms with van der Waals surface area (Å²) in [5.74, 6) is 1.71. The molecule has 3 aromatic heterocycles. The van der Waals surface area contributed by atoms with E-state index in [1.54, 1.807) is 6.07 Å². The van der Waals surface area contributed by atoms with Gasteiger partial charge in [0.1, 0.15) is 5.58 Å². The zero-order chi connectivity index (χ0) is 54.2. The molecule has 0 spiro atoms. The number of hydrogen-bond donors (Lipinski definition) is 0. The summed E-state index contributed by atoms with van der Waals surface area (Å²) >= 11 is 0. The molecule has 0 aliphatic carbocycles. The van der Waals surface area contributed by atoms with E-state index in [2.05, 4.69) is 190 Å². The van der Waals surface area contributed by atoms with Crippen LogP contribution in [0.1, 0.15) is 123 Å². The fraction of sp³-hybridized carbons (Fsp3) is 0.246. The fourth-order valence-electron chi connectivity index (χ4n) is 9.61. The van der Waals surface area contributed by atoms with Crippen LogP contribution in [0.2, 0.25) is 0 Å². The predicted octanol–water partition coefficient (Wildman–Crippen LogP) is 17.8. The molecule has 0 aliphatic heterocycles. The van der Waals surface area contributed by atoms with Crippen LogP contribution in [0.25, 0.3) is 94.1 Å². The number of rotatable bonds is 6. The van der Waals surface area contributed by atoms with Crippen molar-refractivity contribution in [3.63, 3.8) is 0 Å². The molecule has 359 valence electrons. The van der Waals surface area contributed by atoms with E-state index in [1.165, 1.54) is 73.4 Å². The Hall–Kier alpha value is -6.72. The van der Waals surface area contributed by atoms with Crippen LogP contribution in [0.4, 0.5) is 0 Å². The molecule has 0 saturated heterocycles. The molecule has 11 rings (SSSR count). The zero-order valence-corrected chi connectivity index (χ0v) is 44.4. The molecule has 71 heavy (non-hydrogen) atoms. The monoisotopic (exact) mass is 1110 g/mol. The molecule has 0 fully saturated rings. The number of para-hydroxylation sites is 2. The number of furan rings is 1. The van der Waals surface area contributed by atoms with Crippen molar-refractivity contribution in [1.82, 2.24) is 19.5 Å². The number of benzene rings is 8. The van der Waals surface area contributed by atoms with Crippen molar-refractivity contribution in [2.45, 2.75) is 106 Å². The van der Waals surface area contributed by atoms with Crippen LogP contribution in [0.3, 0.4) is 0 Å². The number of fused-ring (bicyclic) bond motifs is 7. The van der Waals surface area contributed by atoms with Gasteiger partial charge in [0.05, 0.1) is 28.3 Å². The summed E-state index contributed by atoms with van der Waals surface area (Å²) in [5, 5.41) is 7.07. The first-order valence-electron chi connectivity index (χ1n) is 27.2. The summed E-state index contributed by atoms with van der Waals surface area (Å²) in [4.78, 5) is 13.9. The predicted molar refractivity (Wildman–Crippen MR) is 294 cm³/mol. The Balaban J connectivity index is 0.000000244. The minimum absolute atomic E-state index is 0. The van der Waals surface area contributed by atoms with Gasteiger partial charge in [-0.3, -0.25) is 15.0 Å². The van der Waals surface area contributed by atoms with Crippen molar-refractivity contribution in [1.29, 1.82) is 0 Å². The van der Waals surface area contributed by atoms with E-state index in [1.807, 2.05) is 26.8 Å². The molecule has 0 N–H and O–H groups in total. The topological polar surface area (TPSA) is 56.7 Å². The van der Waals surface area contributed by atoms with Crippen LogP contribution in [0.5, 0.6) is 0 Å². The van der Waals surface area contributed by atoms with Gasteiger partial charge in [-0.15, -0.1) is 53.6 Å². The third-order valence-electron chi connectivity index (χ3n) is 13.3. The van der Waals surface area contributed by atoms with E-state index in [-0.39, 0.29) is 48.5 Å². The van der Waals surface area contributed by atoms with Crippen LogP contribution in [-0.4, -0.2) is 19.5 Å². The Kier molecular flexibility index (Phi) is 11.3. The summed E-state index contributed by atoms with van der Waals surface area (Å²) in [7, 11) is 0. The Bertz CT molecular complexity index is 3960. The molecule has 0 aliphatic rings. The second-order valence-electron chi connectivity index (χ2n) is 21.2. The van der Waals surface area contributed by atoms with Crippen LogP contribution in [-0.2, 0) is 30.9 Å². The zero-order valence-electron chi connectivity index (χ0n) is 48.0. The average molecular weight is 1110 g/mol. The van der Waals surface area contributed by atoms with Crippen molar-refractivity contribution >= 4 is 54.5 Å². The number of aromatic nitrogens is 4. The summed E-state index contributed by atoms with van der Waals surface area (Å²) in [6.07, 6.45) is 1.32. The van der Waals surface area contributed by atoms with E-state index in [0.717, 1.165) is 44.4 Å². The van der Waals surface area contributed by atoms with Gasteiger partial charge in [-0.2, -0.15) is 0 Å². The molecule has 0 unspecified atom stereocenters. The fourth-order valence-corrected chi connectivity index (χ4v) is 9.61. The van der Waals surface area contributed by atoms with Gasteiger partial charge >= 0.3 is 0 Å². The van der Waals surface area contributed by atoms with Crippen molar-refractivity contribution in [2.75, 3.05) is 0 Å². The van der Waals surface area contributed by atoms with Gasteiger partial charge in [-0.05, 0) is 121 Å². The smallest absolute Gasteiger partial charge is 0.121 e. The van der Waals surface area contributed by atoms with Gasteiger partial charge in [-0.25, -0.2) is 0 Å². The van der Waals surface area contributed by atoms with Crippen molar-refractivity contribution in [3.8, 4) is 39.6 Å². The Morgan fingerprint density at radius 3 is 2.01 bits per heavy atom. The van der Waals surface area contributed by atoms with Crippen LogP contribution in [0, 0.1) is 25.8 Å². The quantitative estimate of drug-likeness (QED) is 0.123. The van der Waals surface area contributed by atoms with Gasteiger partial charge in [0, 0.05) is 56.7 Å². The molecule has 5 nitrogen and oxygen atoms in total. The Labute approximate surface area is 441 Å². The van der Waals surface area contributed by atoms with Crippen LogP contribution >= 0.6 is 0 Å². The van der Waals surface area contributed by atoms with E-state index in [9.17, 15) is 0 Å². The normalized spacial score (nSPS) is 13.7. The first-order valence-corrected chi connectivity index (χ1v) is 24.2. The summed E-state index contributed by atoms with van der Waals surface area (Å²) in [5.41, 5.74) is 13.0. The molecule has 8 aromatic carbocycles. The van der Waals surface area contributed by atoms with Gasteiger partial charge in [-0.1, -0.05) is 154 Å². The standard InChI is InChI=1S/C49H43N2O.C16H19N2.Ir/c1-29(2)38-25-34(31-14-9-8-10-15-31)26-39(30(3)4)46(38)51-44-19-12-11-18-43(44)50-48(51)37-17-13-16-36-42-24-33-21-20-32-22-23-35(49(5,6)7)27-40(32)41(33)28-45(42)52-47(36)37;1-11-6-8-13(9-7-11)15-17-10-12(2)14(18-15)16(3,4)5;/h8-16,18-30H,1-7H3;6-8,10H,1-5H3;/q2*-1;/i;1D3,2D3;. The van der Waals surface area contributed by atoms with Gasteiger partial charge in [0.25, 0.3) is 0 Å². The molecule has 3 heterocycles. The molecule has 0 amide bonds. The third kappa shape index (κ3) is 9.37. The molecular formula is C65H62IrN4O-2. The van der Waals surface area contributed by atoms with Gasteiger partial charge in [0.15, 0.2) is 0 Å². The number of nitrogens with zero attached hydrogens (tertiary/aromatic N) is 4. The van der Waals surface area contributed by atoms with Crippen molar-refractivity contribution < 1.29 is 32.7 Å². The first-order chi connectivity index (χ1) is 35.9. The second-order valence-corrected chi connectivity index (χ2v) is 21.2. The molecule has 0 saturated carbocycles. The molecule has 0 bridgehead atoms. The number of imidazole rings is 1. The molecule has 6 heteroatoms. The minimum atomic E-state index is -2.30. The largest absolute Gasteiger partial charge is 0.501 e. The maximum absolute atomic E-state index is 7.65. The van der Waals surface area contributed by atoms with E-state index in [0.29, 0.717) is 17.1 Å². The first kappa shape index (κ1) is 42.0. The van der Waals surface area contributed by atoms with E-state index in [4.69, 9.17) is 17.6 Å². The molecule has 0 atom stereocenters. The van der Waals surface area contributed by atoms with E-state index < -0.39 is 19.1 Å². The Morgan fingerprint density at radius 1 is 0.634 bits per heavy atom. The van der Waals surface area contributed by atoms with E-state index >= 15 is 0 Å². The molecular weight excluding hydrogens is 1040 g/mol. The van der Waals surface area contributed by atoms with Gasteiger partial charge in [0.2, 0.25) is 0 Å². The number of hydrogen-bond acceptors (Lipinski definition) is 4. The summed E-state index contributed by atoms with van der Waals surface area (Å²) < 4.78 is 54.4. The van der Waals surface area contributed by atoms with Crippen molar-refractivity contribution in [2.24, 2.45) is 0 Å². The van der Waals surface area contributed by atoms with Crippen molar-refractivity contribution in [3.05, 3.63) is 191 Å². The maximum Gasteiger partial charge on any atom is 0.121 e. The molecule has 11 aromatic rings. The van der Waals surface area contributed by atoms with Gasteiger partial charge < -0.3 is 8.98 Å². The van der Waals surface area contributed by atoms with Crippen LogP contribution in [0.15, 0.2) is 150 Å². The SMILES string of the molecule is CC(C)c1cc(-c2ccccc2)cc(C(C)C)c1-n1c(-c2[c-]ccc3c2oc2cc4c(ccc5ccc(C(C)(C)C)cc54)cc23)nc2ccccc21.[2H]C([2H])([2H])c1c[c-]c(-c2ncc(C([2H])([2H])[2H])c(C(C)(C)C)n2)cc1.[Ir]. The summed E-state index contributed by atoms with van der Waals surface area (Å²) in [6.45, 7) is 17.1. The minimum Gasteiger partial charge on any atom is -0.501 e. The third-order valence-corrected chi connectivity index (χ3v) is 13.3. The Morgan fingerprint density at radius 2 is 1.34 bits per heavy atom. The van der Waals surface area contributed by atoms with Crippen LogP contribution < -0.4 is 0 Å². The molecule has 1 radical (unpaired) electrons. The average Bonchev–Trinajstić information content (AvgIpc) is 4.15.